The lowest BCUT2D eigenvalue weighted by molar-refractivity contribution is -0.118. The maximum absolute atomic E-state index is 12.9. The summed E-state index contributed by atoms with van der Waals surface area (Å²) in [5.41, 5.74) is 0.320. The number of carbonyl (C=O) groups excluding carboxylic acids is 1. The van der Waals surface area contributed by atoms with E-state index in [0.29, 0.717) is 43.1 Å². The number of hydrogen-bond acceptors (Lipinski definition) is 5. The first-order chi connectivity index (χ1) is 13.8. The van der Waals surface area contributed by atoms with Gasteiger partial charge in [-0.1, -0.05) is 24.4 Å². The topological polar surface area (TPSA) is 79.0 Å². The number of halogens is 1. The van der Waals surface area contributed by atoms with Gasteiger partial charge in [0, 0.05) is 25.2 Å². The quantitative estimate of drug-likeness (QED) is 0.700. The minimum absolute atomic E-state index is 0.121. The molecular weight excluding hydrogens is 414 g/mol. The van der Waals surface area contributed by atoms with E-state index in [1.165, 1.54) is 35.3 Å². The van der Waals surface area contributed by atoms with Crippen molar-refractivity contribution in [1.29, 1.82) is 0 Å². The lowest BCUT2D eigenvalue weighted by Gasteiger charge is -2.32. The first-order valence-electron chi connectivity index (χ1n) is 10.2. The smallest absolute Gasteiger partial charge is 0.243 e. The Kier molecular flexibility index (Phi) is 7.56. The van der Waals surface area contributed by atoms with Crippen molar-refractivity contribution >= 4 is 33.2 Å². The van der Waals surface area contributed by atoms with Crippen LogP contribution in [0.25, 0.3) is 0 Å². The number of ether oxygens (including phenoxy) is 1. The Labute approximate surface area is 178 Å². The van der Waals surface area contributed by atoms with Crippen LogP contribution >= 0.6 is 11.6 Å². The van der Waals surface area contributed by atoms with Gasteiger partial charge in [-0.3, -0.25) is 9.69 Å². The molecule has 1 amide bonds. The van der Waals surface area contributed by atoms with E-state index < -0.39 is 10.0 Å². The average molecular weight is 444 g/mol. The third kappa shape index (κ3) is 5.49. The highest BCUT2D eigenvalue weighted by Crippen LogP contribution is 2.28. The second kappa shape index (κ2) is 9.75. The zero-order chi connectivity index (χ0) is 21.0. The van der Waals surface area contributed by atoms with Crippen molar-refractivity contribution in [3.8, 4) is 0 Å². The van der Waals surface area contributed by atoms with Gasteiger partial charge in [-0.15, -0.1) is 0 Å². The van der Waals surface area contributed by atoms with Crippen molar-refractivity contribution in [2.45, 2.75) is 56.5 Å². The Bertz CT molecular complexity index is 819. The van der Waals surface area contributed by atoms with E-state index in [1.54, 1.807) is 0 Å². The maximum Gasteiger partial charge on any atom is 0.243 e. The fourth-order valence-electron chi connectivity index (χ4n) is 4.02. The third-order valence-corrected chi connectivity index (χ3v) is 7.83. The van der Waals surface area contributed by atoms with Gasteiger partial charge in [0.25, 0.3) is 0 Å². The molecule has 1 heterocycles. The SMILES string of the molecule is CC(C)N(CC(=O)Nc1cc(S(=O)(=O)N2CCOCC2)ccc1Cl)C1CCCC1. The summed E-state index contributed by atoms with van der Waals surface area (Å²) in [5.74, 6) is -0.187. The molecule has 162 valence electrons. The van der Waals surface area contributed by atoms with Crippen molar-refractivity contribution in [3.05, 3.63) is 23.2 Å². The molecule has 29 heavy (non-hydrogen) atoms. The van der Waals surface area contributed by atoms with Crippen LogP contribution in [0, 0.1) is 0 Å². The summed E-state index contributed by atoms with van der Waals surface area (Å²) in [7, 11) is -3.65. The zero-order valence-electron chi connectivity index (χ0n) is 17.1. The van der Waals surface area contributed by atoms with E-state index in [9.17, 15) is 13.2 Å². The van der Waals surface area contributed by atoms with E-state index in [2.05, 4.69) is 24.1 Å². The first kappa shape index (κ1) is 22.5. The molecule has 1 aromatic carbocycles. The van der Waals surface area contributed by atoms with E-state index in [0.717, 1.165) is 12.8 Å². The number of hydrogen-bond donors (Lipinski definition) is 1. The number of benzene rings is 1. The number of morpholine rings is 1. The number of carbonyl (C=O) groups is 1. The largest absolute Gasteiger partial charge is 0.379 e. The van der Waals surface area contributed by atoms with Gasteiger partial charge in [-0.2, -0.15) is 4.31 Å². The minimum Gasteiger partial charge on any atom is -0.379 e. The Morgan fingerprint density at radius 3 is 2.55 bits per heavy atom. The molecule has 0 spiro atoms. The third-order valence-electron chi connectivity index (χ3n) is 5.60. The van der Waals surface area contributed by atoms with Crippen LogP contribution in [0.5, 0.6) is 0 Å². The van der Waals surface area contributed by atoms with Gasteiger partial charge in [-0.05, 0) is 44.9 Å². The van der Waals surface area contributed by atoms with Gasteiger partial charge >= 0.3 is 0 Å². The molecule has 1 saturated carbocycles. The van der Waals surface area contributed by atoms with Crippen LogP contribution in [-0.4, -0.2) is 68.5 Å². The van der Waals surface area contributed by atoms with Crippen LogP contribution in [0.2, 0.25) is 5.02 Å². The first-order valence-corrected chi connectivity index (χ1v) is 12.0. The van der Waals surface area contributed by atoms with E-state index in [4.69, 9.17) is 16.3 Å². The Morgan fingerprint density at radius 2 is 1.93 bits per heavy atom. The highest BCUT2D eigenvalue weighted by atomic mass is 35.5. The Balaban J connectivity index is 1.73. The summed E-state index contributed by atoms with van der Waals surface area (Å²) in [6.07, 6.45) is 4.62. The highest BCUT2D eigenvalue weighted by molar-refractivity contribution is 7.89. The molecule has 1 N–H and O–H groups in total. The molecular formula is C20H30ClN3O4S. The molecule has 0 unspecified atom stereocenters. The predicted octanol–water partition coefficient (Wildman–Crippen LogP) is 2.95. The van der Waals surface area contributed by atoms with Gasteiger partial charge in [0.2, 0.25) is 15.9 Å². The number of amides is 1. The maximum atomic E-state index is 12.9. The van der Waals surface area contributed by atoms with Crippen LogP contribution in [0.1, 0.15) is 39.5 Å². The molecule has 1 aliphatic heterocycles. The number of anilines is 1. The fraction of sp³-hybridized carbons (Fsp3) is 0.650. The normalized spacial score (nSPS) is 19.2. The number of nitrogens with zero attached hydrogens (tertiary/aromatic N) is 2. The van der Waals surface area contributed by atoms with Crippen molar-refractivity contribution in [1.82, 2.24) is 9.21 Å². The number of rotatable bonds is 7. The standard InChI is InChI=1S/C20H30ClN3O4S/c1-15(2)24(16-5-3-4-6-16)14-20(25)22-19-13-17(7-8-18(19)21)29(26,27)23-9-11-28-12-10-23/h7-8,13,15-16H,3-6,9-12,14H2,1-2H3,(H,22,25). The van der Waals surface area contributed by atoms with Crippen LogP contribution in [0.15, 0.2) is 23.1 Å². The van der Waals surface area contributed by atoms with Crippen molar-refractivity contribution in [3.63, 3.8) is 0 Å². The molecule has 0 atom stereocenters. The molecule has 0 radical (unpaired) electrons. The van der Waals surface area contributed by atoms with Gasteiger partial charge < -0.3 is 10.1 Å². The van der Waals surface area contributed by atoms with E-state index in [-0.39, 0.29) is 23.4 Å². The molecule has 9 heteroatoms. The number of sulfonamides is 1. The molecule has 1 saturated heterocycles. The second-order valence-electron chi connectivity index (χ2n) is 7.91. The van der Waals surface area contributed by atoms with Crippen LogP contribution < -0.4 is 5.32 Å². The molecule has 2 aliphatic rings. The van der Waals surface area contributed by atoms with Gasteiger partial charge in [0.15, 0.2) is 0 Å². The Hall–Kier alpha value is -1.19. The molecule has 0 aromatic heterocycles. The average Bonchev–Trinajstić information content (AvgIpc) is 3.22. The summed E-state index contributed by atoms with van der Waals surface area (Å²) in [6.45, 7) is 5.83. The molecule has 1 aromatic rings. The van der Waals surface area contributed by atoms with Crippen LogP contribution in [-0.2, 0) is 19.6 Å². The van der Waals surface area contributed by atoms with Gasteiger partial charge in [-0.25, -0.2) is 8.42 Å². The van der Waals surface area contributed by atoms with Crippen molar-refractivity contribution in [2.24, 2.45) is 0 Å². The van der Waals surface area contributed by atoms with Crippen molar-refractivity contribution in [2.75, 3.05) is 38.2 Å². The van der Waals surface area contributed by atoms with E-state index >= 15 is 0 Å². The molecule has 1 aliphatic carbocycles. The van der Waals surface area contributed by atoms with Gasteiger partial charge in [0.05, 0.1) is 35.4 Å². The van der Waals surface area contributed by atoms with Gasteiger partial charge in [0.1, 0.15) is 0 Å². The summed E-state index contributed by atoms with van der Waals surface area (Å²) >= 11 is 6.25. The summed E-state index contributed by atoms with van der Waals surface area (Å²) in [4.78, 5) is 15.0. The van der Waals surface area contributed by atoms with Crippen LogP contribution in [0.4, 0.5) is 5.69 Å². The highest BCUT2D eigenvalue weighted by Gasteiger charge is 2.28. The summed E-state index contributed by atoms with van der Waals surface area (Å²) < 4.78 is 32.4. The molecule has 7 nitrogen and oxygen atoms in total. The molecule has 3 rings (SSSR count). The molecule has 0 bridgehead atoms. The second-order valence-corrected chi connectivity index (χ2v) is 10.3. The lowest BCUT2D eigenvalue weighted by Crippen LogP contribution is -2.44. The van der Waals surface area contributed by atoms with Crippen LogP contribution in [0.3, 0.4) is 0 Å². The lowest BCUT2D eigenvalue weighted by atomic mass is 10.1. The zero-order valence-corrected chi connectivity index (χ0v) is 18.6. The molecule has 2 fully saturated rings. The predicted molar refractivity (Wildman–Crippen MR) is 114 cm³/mol. The summed E-state index contributed by atoms with van der Waals surface area (Å²) in [5, 5.41) is 3.13. The monoisotopic (exact) mass is 443 g/mol. The number of nitrogens with one attached hydrogen (secondary N) is 1. The van der Waals surface area contributed by atoms with Crippen molar-refractivity contribution < 1.29 is 17.9 Å². The fourth-order valence-corrected chi connectivity index (χ4v) is 5.62. The Morgan fingerprint density at radius 1 is 1.28 bits per heavy atom. The minimum atomic E-state index is -3.65. The van der Waals surface area contributed by atoms with E-state index in [1.807, 2.05) is 0 Å². The summed E-state index contributed by atoms with van der Waals surface area (Å²) in [6, 6.07) is 5.11.